The van der Waals surface area contributed by atoms with E-state index >= 15 is 0 Å². The van der Waals surface area contributed by atoms with Crippen LogP contribution in [0.15, 0.2) is 70.5 Å². The van der Waals surface area contributed by atoms with Gasteiger partial charge in [0.05, 0.1) is 10.9 Å². The molecule has 0 amide bonds. The maximum absolute atomic E-state index is 13.1. The predicted molar refractivity (Wildman–Crippen MR) is 106 cm³/mol. The molecule has 2 N–H and O–H groups in total. The molecule has 0 atom stereocenters. The van der Waals surface area contributed by atoms with Crippen LogP contribution in [0.5, 0.6) is 0 Å². The molecule has 0 aromatic heterocycles. The normalized spacial score (nSPS) is 19.5. The van der Waals surface area contributed by atoms with Gasteiger partial charge in [0.15, 0.2) is 11.5 Å². The lowest BCUT2D eigenvalue weighted by molar-refractivity contribution is -0.515. The summed E-state index contributed by atoms with van der Waals surface area (Å²) >= 11 is 6.09. The van der Waals surface area contributed by atoms with Gasteiger partial charge in [-0.25, -0.2) is 4.99 Å². The summed E-state index contributed by atoms with van der Waals surface area (Å²) in [6, 6.07) is 16.0. The first-order valence-corrected chi connectivity index (χ1v) is 9.61. The minimum absolute atomic E-state index is 0. The number of para-hydroxylation sites is 1. The van der Waals surface area contributed by atoms with E-state index in [2.05, 4.69) is 25.2 Å². The van der Waals surface area contributed by atoms with E-state index in [-0.39, 0.29) is 23.6 Å². The number of hydrogen-bond donors (Lipinski definition) is 1. The smallest absolute Gasteiger partial charge is 0.169 e. The molecule has 0 saturated carbocycles. The van der Waals surface area contributed by atoms with Crippen molar-refractivity contribution in [3.05, 3.63) is 86.7 Å². The highest BCUT2D eigenvalue weighted by Crippen LogP contribution is 2.42. The molecule has 0 bridgehead atoms. The van der Waals surface area contributed by atoms with Crippen molar-refractivity contribution in [1.29, 1.82) is 0 Å². The van der Waals surface area contributed by atoms with Crippen LogP contribution in [0.2, 0.25) is 5.02 Å². The molecule has 3 aliphatic rings. The Morgan fingerprint density at radius 2 is 1.71 bits per heavy atom. The molecule has 5 heteroatoms. The van der Waals surface area contributed by atoms with Crippen LogP contribution in [-0.4, -0.2) is 5.78 Å². The van der Waals surface area contributed by atoms with Gasteiger partial charge >= 0.3 is 0 Å². The average Bonchev–Trinajstić information content (AvgIpc) is 3.00. The molecule has 2 heterocycles. The Balaban J connectivity index is 0.00000192. The number of allylic oxidation sites excluding steroid dienone is 2. The quantitative estimate of drug-likeness (QED) is 0.690. The summed E-state index contributed by atoms with van der Waals surface area (Å²) < 4.78 is 0. The fraction of sp³-hybridized carbons (Fsp3) is 0.217. The predicted octanol–water partition coefficient (Wildman–Crippen LogP) is -0.283. The van der Waals surface area contributed by atoms with E-state index in [1.54, 1.807) is 0 Å². The van der Waals surface area contributed by atoms with E-state index in [0.717, 1.165) is 50.8 Å². The zero-order valence-corrected chi connectivity index (χ0v) is 17.2. The molecule has 5 rings (SSSR count). The second-order valence-corrected chi connectivity index (χ2v) is 8.70. The summed E-state index contributed by atoms with van der Waals surface area (Å²) in [5.41, 5.74) is 6.04. The van der Waals surface area contributed by atoms with Gasteiger partial charge in [0, 0.05) is 34.2 Å². The fourth-order valence-corrected chi connectivity index (χ4v) is 4.54. The highest BCUT2D eigenvalue weighted by Gasteiger charge is 2.42. The molecule has 2 aromatic carbocycles. The number of quaternary nitrogens is 1. The molecule has 142 valence electrons. The lowest BCUT2D eigenvalue weighted by atomic mass is 9.72. The highest BCUT2D eigenvalue weighted by atomic mass is 35.5. The first-order valence-electron chi connectivity index (χ1n) is 9.23. The van der Waals surface area contributed by atoms with Crippen molar-refractivity contribution in [2.45, 2.75) is 26.7 Å². The van der Waals surface area contributed by atoms with E-state index in [9.17, 15) is 4.79 Å². The van der Waals surface area contributed by atoms with E-state index < -0.39 is 0 Å². The van der Waals surface area contributed by atoms with Crippen LogP contribution in [-0.2, 0) is 4.79 Å². The molecule has 3 nitrogen and oxygen atoms in total. The standard InChI is InChI=1S/C23H19ClN2O.ClH/c1-23(2)11-17-20(18(27)12-23)19-15-5-3-4-6-16(15)25-22(19)21(26-17)13-7-9-14(24)10-8-13;/h3-10,26H,11-12H2,1-2H3;1H. The summed E-state index contributed by atoms with van der Waals surface area (Å²) in [5, 5.41) is 4.89. The molecular formula is C23H20Cl2N2O. The number of Topliss-reactive ketones (excluding diaryl/α,β-unsaturated/α-hetero) is 1. The minimum Gasteiger partial charge on any atom is -1.00 e. The Kier molecular flexibility index (Phi) is 4.58. The number of nitrogens with zero attached hydrogens (tertiary/aromatic N) is 1. The number of carbonyl (C=O) groups is 1. The molecule has 0 fully saturated rings. The SMILES string of the molecule is CC1(C)CC(=O)C2=C(C1)[NH2+]C(c1ccc(Cl)cc1)=C1N=c3ccccc3=C12.[Cl-]. The monoisotopic (exact) mass is 410 g/mol. The zero-order valence-electron chi connectivity index (χ0n) is 15.7. The van der Waals surface area contributed by atoms with Crippen LogP contribution in [0, 0.1) is 5.41 Å². The molecule has 0 saturated heterocycles. The zero-order chi connectivity index (χ0) is 18.8. The lowest BCUT2D eigenvalue weighted by Crippen LogP contribution is -3.00. The summed E-state index contributed by atoms with van der Waals surface area (Å²) in [4.78, 5) is 18.0. The summed E-state index contributed by atoms with van der Waals surface area (Å²) in [6.45, 7) is 4.34. The molecule has 0 spiro atoms. The van der Waals surface area contributed by atoms with Crippen molar-refractivity contribution in [2.24, 2.45) is 10.4 Å². The Hall–Kier alpha value is -2.20. The largest absolute Gasteiger partial charge is 1.00 e. The van der Waals surface area contributed by atoms with Gasteiger partial charge in [-0.2, -0.15) is 0 Å². The Morgan fingerprint density at radius 1 is 1.00 bits per heavy atom. The number of carbonyl (C=O) groups excluding carboxylic acids is 1. The van der Waals surface area contributed by atoms with Crippen LogP contribution >= 0.6 is 11.6 Å². The number of rotatable bonds is 1. The van der Waals surface area contributed by atoms with Crippen LogP contribution in [0.3, 0.4) is 0 Å². The van der Waals surface area contributed by atoms with Gasteiger partial charge in [0.2, 0.25) is 0 Å². The number of benzene rings is 2. The molecule has 2 aromatic rings. The van der Waals surface area contributed by atoms with E-state index in [1.807, 2.05) is 42.5 Å². The van der Waals surface area contributed by atoms with E-state index in [4.69, 9.17) is 16.6 Å². The maximum atomic E-state index is 13.1. The first kappa shape index (κ1) is 19.1. The molecule has 0 unspecified atom stereocenters. The number of ketones is 1. The molecule has 0 radical (unpaired) electrons. The third kappa shape index (κ3) is 2.95. The fourth-order valence-electron chi connectivity index (χ4n) is 4.42. The van der Waals surface area contributed by atoms with Crippen molar-refractivity contribution in [3.8, 4) is 0 Å². The third-order valence-electron chi connectivity index (χ3n) is 5.53. The average molecular weight is 411 g/mol. The number of hydrogen-bond acceptors (Lipinski definition) is 2. The Morgan fingerprint density at radius 3 is 2.46 bits per heavy atom. The van der Waals surface area contributed by atoms with Crippen LogP contribution in [0.4, 0.5) is 0 Å². The topological polar surface area (TPSA) is 46.0 Å². The first-order chi connectivity index (χ1) is 12.9. The third-order valence-corrected chi connectivity index (χ3v) is 5.78. The van der Waals surface area contributed by atoms with Gasteiger partial charge in [-0.05, 0) is 35.7 Å². The van der Waals surface area contributed by atoms with Crippen molar-refractivity contribution in [1.82, 2.24) is 0 Å². The van der Waals surface area contributed by atoms with Gasteiger partial charge in [-0.1, -0.05) is 43.6 Å². The van der Waals surface area contributed by atoms with Crippen molar-refractivity contribution >= 4 is 28.7 Å². The van der Waals surface area contributed by atoms with Gasteiger partial charge in [-0.15, -0.1) is 0 Å². The van der Waals surface area contributed by atoms with Gasteiger partial charge < -0.3 is 12.4 Å². The van der Waals surface area contributed by atoms with Crippen LogP contribution in [0.1, 0.15) is 32.3 Å². The molecule has 1 aliphatic carbocycles. The molecular weight excluding hydrogens is 391 g/mol. The summed E-state index contributed by atoms with van der Waals surface area (Å²) in [7, 11) is 0. The summed E-state index contributed by atoms with van der Waals surface area (Å²) in [5.74, 6) is 0.229. The number of fused-ring (bicyclic) bond motifs is 3. The van der Waals surface area contributed by atoms with Crippen molar-refractivity contribution in [2.75, 3.05) is 0 Å². The van der Waals surface area contributed by atoms with Gasteiger partial charge in [0.25, 0.3) is 0 Å². The minimum atomic E-state index is -0.0230. The second-order valence-electron chi connectivity index (χ2n) is 8.26. The maximum Gasteiger partial charge on any atom is 0.169 e. The van der Waals surface area contributed by atoms with Crippen molar-refractivity contribution < 1.29 is 22.5 Å². The Labute approximate surface area is 174 Å². The van der Waals surface area contributed by atoms with Gasteiger partial charge in [-0.3, -0.25) is 10.1 Å². The Bertz CT molecular complexity index is 1190. The number of nitrogens with two attached hydrogens (primary N) is 1. The van der Waals surface area contributed by atoms with Crippen LogP contribution < -0.4 is 28.3 Å². The van der Waals surface area contributed by atoms with E-state index in [1.165, 1.54) is 0 Å². The molecule has 28 heavy (non-hydrogen) atoms. The molecule has 2 aliphatic heterocycles. The lowest BCUT2D eigenvalue weighted by Gasteiger charge is -2.33. The van der Waals surface area contributed by atoms with Crippen LogP contribution in [0.25, 0.3) is 11.3 Å². The second kappa shape index (κ2) is 6.70. The number of halogens is 2. The van der Waals surface area contributed by atoms with Gasteiger partial charge in [0.1, 0.15) is 11.4 Å². The summed E-state index contributed by atoms with van der Waals surface area (Å²) in [6.07, 6.45) is 1.47. The highest BCUT2D eigenvalue weighted by molar-refractivity contribution is 6.30. The van der Waals surface area contributed by atoms with E-state index in [0.29, 0.717) is 11.4 Å². The van der Waals surface area contributed by atoms with Crippen molar-refractivity contribution in [3.63, 3.8) is 0 Å².